The first-order valence-corrected chi connectivity index (χ1v) is 1.43. The van der Waals surface area contributed by atoms with Crippen molar-refractivity contribution in [1.82, 2.24) is 0 Å². The summed E-state index contributed by atoms with van der Waals surface area (Å²) in [7, 11) is 0. The highest BCUT2D eigenvalue weighted by Gasteiger charge is 1.99. The fraction of sp³-hybridized carbons (Fsp3) is 0.667. The fourth-order valence-electron chi connectivity index (χ4n) is 0.0861. The first-order valence-electron chi connectivity index (χ1n) is 1.43. The fourth-order valence-corrected chi connectivity index (χ4v) is 0.0861. The molecule has 0 N–H and O–H groups in total. The van der Waals surface area contributed by atoms with Crippen LogP contribution in [0, 0.1) is 0 Å². The van der Waals surface area contributed by atoms with E-state index in [1.54, 1.807) is 0 Å². The number of hydrogen-bond donors (Lipinski definition) is 0. The van der Waals surface area contributed by atoms with E-state index in [0.29, 0.717) is 6.04 Å². The molecule has 0 aliphatic carbocycles. The maximum Gasteiger partial charge on any atom is 0.0815 e. The number of aliphatic imine (C=N–C) groups is 1. The van der Waals surface area contributed by atoms with Gasteiger partial charge in [-0.3, -0.25) is 4.99 Å². The van der Waals surface area contributed by atoms with Gasteiger partial charge in [0.1, 0.15) is 0 Å². The Morgan fingerprint density at radius 2 is 2.25 bits per heavy atom. The molecule has 1 aliphatic rings. The zero-order valence-corrected chi connectivity index (χ0v) is 2.60. The molecule has 0 amide bonds. The first-order chi connectivity index (χ1) is 1.89. The predicted molar refractivity (Wildman–Crippen MR) is 18.0 cm³/mol. The van der Waals surface area contributed by atoms with Crippen LogP contribution in [0.25, 0.3) is 0 Å². The molecule has 0 saturated carbocycles. The van der Waals surface area contributed by atoms with E-state index in [4.69, 9.17) is 0 Å². The third kappa shape index (κ3) is 0.105. The second-order valence-electron chi connectivity index (χ2n) is 1.04. The Morgan fingerprint density at radius 3 is 2.25 bits per heavy atom. The van der Waals surface area contributed by atoms with Crippen LogP contribution in [0.2, 0.25) is 0 Å². The Hall–Kier alpha value is -0.330. The van der Waals surface area contributed by atoms with Gasteiger partial charge in [-0.05, 0) is 6.92 Å². The molecule has 1 rings (SSSR count). The largest absolute Gasteiger partial charge is 0.287 e. The zero-order chi connectivity index (χ0) is 2.99. The summed E-state index contributed by atoms with van der Waals surface area (Å²) in [4.78, 5) is 3.78. The molecule has 0 fully saturated rings. The molecule has 0 radical (unpaired) electrons. The van der Waals surface area contributed by atoms with Crippen LogP contribution in [0.5, 0.6) is 0 Å². The minimum atomic E-state index is 0.583. The molecular formula is C3H5N. The van der Waals surface area contributed by atoms with Gasteiger partial charge in [-0.1, -0.05) is 0 Å². The molecule has 1 heterocycles. The molecule has 0 aromatic rings. The van der Waals surface area contributed by atoms with Crippen molar-refractivity contribution < 1.29 is 0 Å². The third-order valence-corrected chi connectivity index (χ3v) is 0.447. The van der Waals surface area contributed by atoms with E-state index in [1.807, 2.05) is 6.21 Å². The number of rotatable bonds is 0. The van der Waals surface area contributed by atoms with Gasteiger partial charge >= 0.3 is 0 Å². The maximum atomic E-state index is 3.78. The topological polar surface area (TPSA) is 12.4 Å². The third-order valence-electron chi connectivity index (χ3n) is 0.447. The van der Waals surface area contributed by atoms with E-state index in [-0.39, 0.29) is 0 Å². The van der Waals surface area contributed by atoms with E-state index in [0.717, 1.165) is 0 Å². The van der Waals surface area contributed by atoms with E-state index >= 15 is 0 Å². The lowest BCUT2D eigenvalue weighted by molar-refractivity contribution is 1.15. The maximum absolute atomic E-state index is 3.78. The first kappa shape index (κ1) is 1.94. The second-order valence-corrected chi connectivity index (χ2v) is 1.04. The van der Waals surface area contributed by atoms with Crippen LogP contribution in [0.15, 0.2) is 4.99 Å². The molecule has 1 aliphatic heterocycles. The smallest absolute Gasteiger partial charge is 0.0815 e. The van der Waals surface area contributed by atoms with Crippen molar-refractivity contribution in [3.63, 3.8) is 0 Å². The summed E-state index contributed by atoms with van der Waals surface area (Å²) in [5, 5.41) is 0. The second kappa shape index (κ2) is 0.341. The normalized spacial score (nSPS) is 35.8. The summed E-state index contributed by atoms with van der Waals surface area (Å²) in [6.45, 7) is 2.06. The lowest BCUT2D eigenvalue weighted by Crippen LogP contribution is -1.65. The van der Waals surface area contributed by atoms with Crippen molar-refractivity contribution in [1.29, 1.82) is 0 Å². The summed E-state index contributed by atoms with van der Waals surface area (Å²) in [5.74, 6) is 0. The van der Waals surface area contributed by atoms with Gasteiger partial charge < -0.3 is 0 Å². The molecule has 0 aromatic heterocycles. The van der Waals surface area contributed by atoms with Crippen LogP contribution in [0.4, 0.5) is 0 Å². The molecule has 1 atom stereocenters. The van der Waals surface area contributed by atoms with Gasteiger partial charge in [-0.25, -0.2) is 0 Å². The van der Waals surface area contributed by atoms with E-state index in [9.17, 15) is 0 Å². The molecule has 0 saturated heterocycles. The zero-order valence-electron chi connectivity index (χ0n) is 2.60. The quantitative estimate of drug-likeness (QED) is 0.381. The van der Waals surface area contributed by atoms with Crippen LogP contribution in [0.1, 0.15) is 6.92 Å². The number of hydrogen-bond acceptors (Lipinski definition) is 1. The van der Waals surface area contributed by atoms with Crippen molar-refractivity contribution >= 4 is 6.21 Å². The van der Waals surface area contributed by atoms with Gasteiger partial charge in [-0.2, -0.15) is 0 Å². The molecule has 1 heteroatoms. The van der Waals surface area contributed by atoms with Crippen LogP contribution >= 0.6 is 0 Å². The molecule has 4 heavy (non-hydrogen) atoms. The van der Waals surface area contributed by atoms with Crippen LogP contribution < -0.4 is 0 Å². The highest BCUT2D eigenvalue weighted by molar-refractivity contribution is 5.76. The lowest BCUT2D eigenvalue weighted by atomic mass is 10.6. The van der Waals surface area contributed by atoms with Crippen molar-refractivity contribution in [2.75, 3.05) is 0 Å². The van der Waals surface area contributed by atoms with Gasteiger partial charge in [0, 0.05) is 6.21 Å². The SMILES string of the molecule is CC1C=N1. The number of nitrogens with zero attached hydrogens (tertiary/aromatic N) is 1. The molecular weight excluding hydrogens is 50.0 g/mol. The van der Waals surface area contributed by atoms with E-state index in [2.05, 4.69) is 11.9 Å². The molecule has 0 bridgehead atoms. The Morgan fingerprint density at radius 1 is 2.00 bits per heavy atom. The van der Waals surface area contributed by atoms with Crippen molar-refractivity contribution in [3.05, 3.63) is 0 Å². The average Bonchev–Trinajstić information content (AvgIpc) is 1.75. The van der Waals surface area contributed by atoms with E-state index < -0.39 is 0 Å². The van der Waals surface area contributed by atoms with Gasteiger partial charge in [0.05, 0.1) is 6.04 Å². The molecule has 0 spiro atoms. The highest BCUT2D eigenvalue weighted by Crippen LogP contribution is 1.94. The van der Waals surface area contributed by atoms with Gasteiger partial charge in [0.2, 0.25) is 0 Å². The van der Waals surface area contributed by atoms with Crippen LogP contribution in [-0.2, 0) is 0 Å². The monoisotopic (exact) mass is 55.0 g/mol. The van der Waals surface area contributed by atoms with Gasteiger partial charge in [-0.15, -0.1) is 0 Å². The summed E-state index contributed by atoms with van der Waals surface area (Å²) < 4.78 is 0. The summed E-state index contributed by atoms with van der Waals surface area (Å²) in [6, 6.07) is 0.583. The Bertz CT molecular complexity index is 41.2. The predicted octanol–water partition coefficient (Wildman–Crippen LogP) is 0.459. The minimum absolute atomic E-state index is 0.583. The Labute approximate surface area is 25.4 Å². The molecule has 0 aromatic carbocycles. The van der Waals surface area contributed by atoms with E-state index in [1.165, 1.54) is 0 Å². The summed E-state index contributed by atoms with van der Waals surface area (Å²) >= 11 is 0. The summed E-state index contributed by atoms with van der Waals surface area (Å²) in [6.07, 6.45) is 1.92. The average molecular weight is 55.1 g/mol. The van der Waals surface area contributed by atoms with Crippen molar-refractivity contribution in [3.8, 4) is 0 Å². The van der Waals surface area contributed by atoms with Crippen molar-refractivity contribution in [2.24, 2.45) is 4.99 Å². The van der Waals surface area contributed by atoms with Crippen molar-refractivity contribution in [2.45, 2.75) is 13.0 Å². The van der Waals surface area contributed by atoms with Gasteiger partial charge in [0.25, 0.3) is 0 Å². The molecule has 22 valence electrons. The Kier molecular flexibility index (Phi) is 0.166. The van der Waals surface area contributed by atoms with Crippen LogP contribution in [-0.4, -0.2) is 12.3 Å². The van der Waals surface area contributed by atoms with Gasteiger partial charge in [0.15, 0.2) is 0 Å². The highest BCUT2D eigenvalue weighted by atomic mass is 14.9. The molecule has 1 unspecified atom stereocenters. The summed E-state index contributed by atoms with van der Waals surface area (Å²) in [5.41, 5.74) is 0. The standard InChI is InChI=1S/C3H5N/c1-3-2-4-3/h2-3H,1H3. The lowest BCUT2D eigenvalue weighted by Gasteiger charge is -1.54. The Balaban J connectivity index is 2.32. The minimum Gasteiger partial charge on any atom is -0.287 e. The van der Waals surface area contributed by atoms with Crippen LogP contribution in [0.3, 0.4) is 0 Å². The molecule has 1 nitrogen and oxygen atoms in total.